The number of aliphatic hydroxyl groups excluding tert-OH is 3. The molecule has 1 aliphatic heterocycles. The molecule has 7 nitrogen and oxygen atoms in total. The van der Waals surface area contributed by atoms with Gasteiger partial charge in [0, 0.05) is 0 Å². The van der Waals surface area contributed by atoms with Crippen LogP contribution < -0.4 is 4.74 Å². The van der Waals surface area contributed by atoms with Gasteiger partial charge in [0.2, 0.25) is 6.29 Å². The molecule has 0 amide bonds. The highest BCUT2D eigenvalue weighted by Crippen LogP contribution is 2.26. The Morgan fingerprint density at radius 1 is 1.15 bits per heavy atom. The SMILES string of the molecule is Cc1ccccc1OC1O[C@H](C(=O)O)[C@@H](O)[C@H](O)[C@H]1O. The number of ether oxygens (including phenoxy) is 2. The molecule has 5 atom stereocenters. The molecule has 0 bridgehead atoms. The number of carboxylic acids is 1. The number of aryl methyl sites for hydroxylation is 1. The van der Waals surface area contributed by atoms with Gasteiger partial charge >= 0.3 is 5.97 Å². The summed E-state index contributed by atoms with van der Waals surface area (Å²) in [6.45, 7) is 1.77. The fourth-order valence-electron chi connectivity index (χ4n) is 1.96. The third-order valence-corrected chi connectivity index (χ3v) is 3.15. The minimum Gasteiger partial charge on any atom is -0.479 e. The van der Waals surface area contributed by atoms with E-state index < -0.39 is 36.7 Å². The Morgan fingerprint density at radius 2 is 1.80 bits per heavy atom. The van der Waals surface area contributed by atoms with Crippen molar-refractivity contribution < 1.29 is 34.7 Å². The highest BCUT2D eigenvalue weighted by molar-refractivity contribution is 5.73. The average Bonchev–Trinajstić information content (AvgIpc) is 2.41. The van der Waals surface area contributed by atoms with E-state index in [1.807, 2.05) is 0 Å². The molecule has 20 heavy (non-hydrogen) atoms. The summed E-state index contributed by atoms with van der Waals surface area (Å²) < 4.78 is 10.4. The van der Waals surface area contributed by atoms with Gasteiger partial charge in [-0.15, -0.1) is 0 Å². The Hall–Kier alpha value is -1.67. The largest absolute Gasteiger partial charge is 0.479 e. The van der Waals surface area contributed by atoms with Gasteiger partial charge in [0.1, 0.15) is 24.1 Å². The molecule has 0 aromatic heterocycles. The second-order valence-electron chi connectivity index (χ2n) is 4.62. The van der Waals surface area contributed by atoms with Crippen molar-refractivity contribution in [2.75, 3.05) is 0 Å². The smallest absolute Gasteiger partial charge is 0.335 e. The van der Waals surface area contributed by atoms with Gasteiger partial charge in [0.25, 0.3) is 0 Å². The maximum Gasteiger partial charge on any atom is 0.335 e. The molecular formula is C13H16O7. The van der Waals surface area contributed by atoms with Crippen molar-refractivity contribution in [1.82, 2.24) is 0 Å². The van der Waals surface area contributed by atoms with Crippen LogP contribution in [0.25, 0.3) is 0 Å². The molecule has 110 valence electrons. The second kappa shape index (κ2) is 5.76. The summed E-state index contributed by atoms with van der Waals surface area (Å²) in [5, 5.41) is 37.9. The molecular weight excluding hydrogens is 268 g/mol. The fraction of sp³-hybridized carbons (Fsp3) is 0.462. The standard InChI is InChI=1S/C13H16O7/c1-6-4-2-3-5-7(6)19-13-10(16)8(14)9(15)11(20-13)12(17)18/h2-5,8-11,13-16H,1H3,(H,17,18)/t8-,9-,10+,11-,13?/m0/s1. The summed E-state index contributed by atoms with van der Waals surface area (Å²) in [6, 6.07) is 6.89. The lowest BCUT2D eigenvalue weighted by atomic mass is 9.99. The molecule has 1 aromatic carbocycles. The Bertz CT molecular complexity index is 489. The summed E-state index contributed by atoms with van der Waals surface area (Å²) >= 11 is 0. The zero-order valence-corrected chi connectivity index (χ0v) is 10.7. The van der Waals surface area contributed by atoms with Crippen LogP contribution in [0.5, 0.6) is 5.75 Å². The van der Waals surface area contributed by atoms with Crippen LogP contribution in [0.1, 0.15) is 5.56 Å². The maximum atomic E-state index is 10.9. The molecule has 1 aromatic rings. The zero-order valence-electron chi connectivity index (χ0n) is 10.7. The van der Waals surface area contributed by atoms with Crippen molar-refractivity contribution in [1.29, 1.82) is 0 Å². The predicted molar refractivity (Wildman–Crippen MR) is 66.1 cm³/mol. The van der Waals surface area contributed by atoms with Gasteiger partial charge in [-0.3, -0.25) is 0 Å². The zero-order chi connectivity index (χ0) is 14.9. The molecule has 1 saturated heterocycles. The predicted octanol–water partition coefficient (Wildman–Crippen LogP) is -0.734. The molecule has 2 rings (SSSR count). The first-order chi connectivity index (χ1) is 9.41. The minimum atomic E-state index is -1.72. The summed E-state index contributed by atoms with van der Waals surface area (Å²) in [5.74, 6) is -1.05. The number of hydrogen-bond acceptors (Lipinski definition) is 6. The van der Waals surface area contributed by atoms with E-state index in [0.717, 1.165) is 5.56 Å². The first kappa shape index (κ1) is 14.7. The van der Waals surface area contributed by atoms with Crippen LogP contribution in [0.15, 0.2) is 24.3 Å². The summed E-state index contributed by atoms with van der Waals surface area (Å²) in [4.78, 5) is 10.9. The number of aliphatic carboxylic acids is 1. The van der Waals surface area contributed by atoms with Crippen LogP contribution in [-0.2, 0) is 9.53 Å². The lowest BCUT2D eigenvalue weighted by molar-refractivity contribution is -0.271. The van der Waals surface area contributed by atoms with Crippen LogP contribution >= 0.6 is 0 Å². The van der Waals surface area contributed by atoms with Gasteiger partial charge in [0.05, 0.1) is 0 Å². The summed E-state index contributed by atoms with van der Waals surface area (Å²) in [6.07, 6.45) is -7.99. The third-order valence-electron chi connectivity index (χ3n) is 3.15. The third kappa shape index (κ3) is 2.75. The summed E-state index contributed by atoms with van der Waals surface area (Å²) in [7, 11) is 0. The van der Waals surface area contributed by atoms with E-state index >= 15 is 0 Å². The van der Waals surface area contributed by atoms with Crippen LogP contribution in [0.3, 0.4) is 0 Å². The van der Waals surface area contributed by atoms with Gasteiger partial charge < -0.3 is 29.9 Å². The molecule has 0 saturated carbocycles. The normalized spacial score (nSPS) is 33.7. The highest BCUT2D eigenvalue weighted by atomic mass is 16.7. The van der Waals surface area contributed by atoms with Gasteiger partial charge in [-0.1, -0.05) is 18.2 Å². The van der Waals surface area contributed by atoms with E-state index in [1.165, 1.54) is 0 Å². The Morgan fingerprint density at radius 3 is 2.40 bits per heavy atom. The number of benzene rings is 1. The lowest BCUT2D eigenvalue weighted by Gasteiger charge is -2.38. The number of para-hydroxylation sites is 1. The van der Waals surface area contributed by atoms with Gasteiger partial charge in [0.15, 0.2) is 6.10 Å². The number of hydrogen-bond donors (Lipinski definition) is 4. The highest BCUT2D eigenvalue weighted by Gasteiger charge is 2.48. The van der Waals surface area contributed by atoms with Crippen molar-refractivity contribution in [3.8, 4) is 5.75 Å². The van der Waals surface area contributed by atoms with Crippen LogP contribution in [0.2, 0.25) is 0 Å². The molecule has 4 N–H and O–H groups in total. The van der Waals surface area contributed by atoms with Gasteiger partial charge in [-0.25, -0.2) is 4.79 Å². The monoisotopic (exact) mass is 284 g/mol. The number of carbonyl (C=O) groups is 1. The van der Waals surface area contributed by atoms with E-state index in [-0.39, 0.29) is 0 Å². The van der Waals surface area contributed by atoms with Crippen LogP contribution in [0.4, 0.5) is 0 Å². The molecule has 0 aliphatic carbocycles. The molecule has 7 heteroatoms. The van der Waals surface area contributed by atoms with E-state index in [9.17, 15) is 20.1 Å². The quantitative estimate of drug-likeness (QED) is 0.578. The average molecular weight is 284 g/mol. The Balaban J connectivity index is 2.18. The topological polar surface area (TPSA) is 116 Å². The van der Waals surface area contributed by atoms with Crippen molar-refractivity contribution in [3.05, 3.63) is 29.8 Å². The van der Waals surface area contributed by atoms with E-state index in [1.54, 1.807) is 31.2 Å². The summed E-state index contributed by atoms with van der Waals surface area (Å²) in [5.41, 5.74) is 0.760. The van der Waals surface area contributed by atoms with Crippen LogP contribution in [-0.4, -0.2) is 57.1 Å². The van der Waals surface area contributed by atoms with Crippen molar-refractivity contribution in [3.63, 3.8) is 0 Å². The first-order valence-corrected chi connectivity index (χ1v) is 6.06. The van der Waals surface area contributed by atoms with E-state index in [2.05, 4.69) is 0 Å². The Kier molecular flexibility index (Phi) is 4.24. The maximum absolute atomic E-state index is 10.9. The number of rotatable bonds is 3. The van der Waals surface area contributed by atoms with E-state index in [0.29, 0.717) is 5.75 Å². The van der Waals surface area contributed by atoms with E-state index in [4.69, 9.17) is 14.6 Å². The van der Waals surface area contributed by atoms with Crippen molar-refractivity contribution >= 4 is 5.97 Å². The first-order valence-electron chi connectivity index (χ1n) is 6.06. The molecule has 0 spiro atoms. The molecule has 1 heterocycles. The molecule has 1 fully saturated rings. The minimum absolute atomic E-state index is 0.393. The van der Waals surface area contributed by atoms with Crippen molar-refractivity contribution in [2.45, 2.75) is 37.6 Å². The van der Waals surface area contributed by atoms with Gasteiger partial charge in [-0.2, -0.15) is 0 Å². The van der Waals surface area contributed by atoms with Gasteiger partial charge in [-0.05, 0) is 18.6 Å². The second-order valence-corrected chi connectivity index (χ2v) is 4.62. The molecule has 1 aliphatic rings. The number of aliphatic hydroxyl groups is 3. The number of carboxylic acid groups (broad SMARTS) is 1. The molecule has 1 unspecified atom stereocenters. The fourth-order valence-corrected chi connectivity index (χ4v) is 1.96. The molecule has 0 radical (unpaired) electrons. The van der Waals surface area contributed by atoms with Crippen molar-refractivity contribution in [2.24, 2.45) is 0 Å². The Labute approximate surface area is 115 Å². The van der Waals surface area contributed by atoms with Crippen LogP contribution in [0, 0.1) is 6.92 Å². The lowest BCUT2D eigenvalue weighted by Crippen LogP contribution is -2.61.